The molecule has 0 unspecified atom stereocenters. The van der Waals surface area contributed by atoms with Gasteiger partial charge in [0, 0.05) is 5.56 Å². The summed E-state index contributed by atoms with van der Waals surface area (Å²) in [6.07, 6.45) is 2.34. The van der Waals surface area contributed by atoms with Crippen molar-refractivity contribution in [1.29, 1.82) is 0 Å². The number of benzene rings is 2. The van der Waals surface area contributed by atoms with Crippen molar-refractivity contribution >= 4 is 17.6 Å². The molecule has 0 heterocycles. The van der Waals surface area contributed by atoms with E-state index in [4.69, 9.17) is 9.47 Å². The van der Waals surface area contributed by atoms with Crippen molar-refractivity contribution in [3.63, 3.8) is 0 Å². The predicted octanol–water partition coefficient (Wildman–Crippen LogP) is 3.81. The van der Waals surface area contributed by atoms with Crippen LogP contribution in [0.3, 0.4) is 0 Å². The monoisotopic (exact) mass is 328 g/mol. The first-order valence-corrected chi connectivity index (χ1v) is 7.61. The van der Waals surface area contributed by atoms with Crippen LogP contribution in [0.1, 0.15) is 24.5 Å². The van der Waals surface area contributed by atoms with Gasteiger partial charge < -0.3 is 19.7 Å². The van der Waals surface area contributed by atoms with E-state index in [9.17, 15) is 15.0 Å². The first-order chi connectivity index (χ1) is 11.6. The number of hydrogen-bond acceptors (Lipinski definition) is 4. The number of phenolic OH excluding ortho intramolecular Hbond substituents is 1. The number of para-hydroxylation sites is 1. The molecule has 0 amide bonds. The molecule has 5 nitrogen and oxygen atoms in total. The lowest BCUT2D eigenvalue weighted by Gasteiger charge is -2.13. The summed E-state index contributed by atoms with van der Waals surface area (Å²) in [4.78, 5) is 11.7. The van der Waals surface area contributed by atoms with E-state index >= 15 is 0 Å². The van der Waals surface area contributed by atoms with Gasteiger partial charge in [-0.1, -0.05) is 31.2 Å². The maximum Gasteiger partial charge on any atom is 0.336 e. The number of methoxy groups -OCH3 is 1. The number of aliphatic carboxylic acids is 1. The van der Waals surface area contributed by atoms with Gasteiger partial charge in [0.15, 0.2) is 11.5 Å². The minimum absolute atomic E-state index is 0.00717. The minimum atomic E-state index is -1.09. The fourth-order valence-corrected chi connectivity index (χ4v) is 2.26. The average molecular weight is 328 g/mol. The van der Waals surface area contributed by atoms with Gasteiger partial charge in [0.2, 0.25) is 0 Å². The Kier molecular flexibility index (Phi) is 5.84. The first kappa shape index (κ1) is 17.4. The number of carbonyl (C=O) groups is 1. The summed E-state index contributed by atoms with van der Waals surface area (Å²) in [5.74, 6) is -0.0452. The molecule has 0 aliphatic heterocycles. The van der Waals surface area contributed by atoms with E-state index in [1.807, 2.05) is 6.92 Å². The highest BCUT2D eigenvalue weighted by atomic mass is 16.5. The summed E-state index contributed by atoms with van der Waals surface area (Å²) in [5, 5.41) is 19.1. The molecule has 5 heteroatoms. The van der Waals surface area contributed by atoms with Crippen molar-refractivity contribution in [2.24, 2.45) is 0 Å². The summed E-state index contributed by atoms with van der Waals surface area (Å²) in [6.45, 7) is 2.48. The molecule has 0 bridgehead atoms. The zero-order chi connectivity index (χ0) is 17.5. The van der Waals surface area contributed by atoms with Crippen LogP contribution in [-0.2, 0) is 4.79 Å². The third-order valence-corrected chi connectivity index (χ3v) is 3.37. The fraction of sp³-hybridized carbons (Fsp3) is 0.211. The Morgan fingerprint density at radius 3 is 2.58 bits per heavy atom. The number of rotatable bonds is 7. The minimum Gasteiger partial charge on any atom is -0.508 e. The second kappa shape index (κ2) is 8.06. The molecule has 0 spiro atoms. The van der Waals surface area contributed by atoms with E-state index in [0.717, 1.165) is 6.42 Å². The molecule has 0 saturated heterocycles. The molecule has 0 saturated carbocycles. The smallest absolute Gasteiger partial charge is 0.336 e. The van der Waals surface area contributed by atoms with Crippen LogP contribution < -0.4 is 9.47 Å². The molecule has 2 N–H and O–H groups in total. The second-order valence-electron chi connectivity index (χ2n) is 5.14. The Labute approximate surface area is 140 Å². The number of ether oxygens (including phenoxy) is 2. The summed E-state index contributed by atoms with van der Waals surface area (Å²) in [6, 6.07) is 11.4. The van der Waals surface area contributed by atoms with Crippen LogP contribution in [0.5, 0.6) is 17.2 Å². The van der Waals surface area contributed by atoms with Crippen molar-refractivity contribution in [1.82, 2.24) is 0 Å². The van der Waals surface area contributed by atoms with Gasteiger partial charge in [-0.3, -0.25) is 0 Å². The van der Waals surface area contributed by atoms with Crippen molar-refractivity contribution in [2.75, 3.05) is 13.7 Å². The highest BCUT2D eigenvalue weighted by Gasteiger charge is 2.15. The number of carboxylic acid groups (broad SMARTS) is 1. The van der Waals surface area contributed by atoms with Crippen molar-refractivity contribution in [3.8, 4) is 17.2 Å². The maximum absolute atomic E-state index is 11.7. The van der Waals surface area contributed by atoms with Crippen molar-refractivity contribution < 1.29 is 24.5 Å². The zero-order valence-corrected chi connectivity index (χ0v) is 13.7. The third kappa shape index (κ3) is 4.07. The van der Waals surface area contributed by atoms with Crippen molar-refractivity contribution in [2.45, 2.75) is 13.3 Å². The molecular weight excluding hydrogens is 308 g/mol. The van der Waals surface area contributed by atoms with E-state index in [-0.39, 0.29) is 11.3 Å². The molecule has 24 heavy (non-hydrogen) atoms. The Balaban J connectivity index is 2.55. The van der Waals surface area contributed by atoms with Crippen LogP contribution in [0.15, 0.2) is 42.5 Å². The Morgan fingerprint density at radius 2 is 1.96 bits per heavy atom. The van der Waals surface area contributed by atoms with Crippen molar-refractivity contribution in [3.05, 3.63) is 53.6 Å². The molecule has 2 rings (SSSR count). The third-order valence-electron chi connectivity index (χ3n) is 3.37. The maximum atomic E-state index is 11.7. The van der Waals surface area contributed by atoms with Gasteiger partial charge in [0.05, 0.1) is 19.3 Å². The van der Waals surface area contributed by atoms with E-state index in [1.165, 1.54) is 25.3 Å². The predicted molar refractivity (Wildman–Crippen MR) is 92.4 cm³/mol. The number of hydrogen-bond donors (Lipinski definition) is 2. The molecule has 0 aliphatic rings. The van der Waals surface area contributed by atoms with Gasteiger partial charge in [0.1, 0.15) is 5.75 Å². The van der Waals surface area contributed by atoms with Crippen LogP contribution >= 0.6 is 0 Å². The largest absolute Gasteiger partial charge is 0.508 e. The van der Waals surface area contributed by atoms with Crippen LogP contribution in [-0.4, -0.2) is 29.9 Å². The highest BCUT2D eigenvalue weighted by molar-refractivity contribution is 6.21. The zero-order valence-electron chi connectivity index (χ0n) is 13.7. The lowest BCUT2D eigenvalue weighted by Crippen LogP contribution is -2.02. The van der Waals surface area contributed by atoms with Gasteiger partial charge in [-0.05, 0) is 36.3 Å². The lowest BCUT2D eigenvalue weighted by atomic mass is 10.0. The average Bonchev–Trinajstić information content (AvgIpc) is 2.57. The molecular formula is C19H20O5. The van der Waals surface area contributed by atoms with Gasteiger partial charge in [0.25, 0.3) is 0 Å². The normalized spacial score (nSPS) is 11.2. The first-order valence-electron chi connectivity index (χ1n) is 7.61. The summed E-state index contributed by atoms with van der Waals surface area (Å²) >= 11 is 0. The van der Waals surface area contributed by atoms with Gasteiger partial charge in [-0.15, -0.1) is 0 Å². The van der Waals surface area contributed by atoms with Crippen LogP contribution in [0.2, 0.25) is 0 Å². The lowest BCUT2D eigenvalue weighted by molar-refractivity contribution is -0.130. The van der Waals surface area contributed by atoms with Gasteiger partial charge in [-0.25, -0.2) is 4.79 Å². The number of carboxylic acids is 1. The molecule has 0 radical (unpaired) electrons. The molecule has 0 aliphatic carbocycles. The summed E-state index contributed by atoms with van der Waals surface area (Å²) in [7, 11) is 1.54. The standard InChI is InChI=1S/C19H20O5/c1-3-10-24-18-14(7-5-9-17(18)23-2)12-16(19(21)22)13-6-4-8-15(20)11-13/h4-9,11-12,20H,3,10H2,1-2H3,(H,21,22)/b16-12-. The van der Waals surface area contributed by atoms with Crippen LogP contribution in [0.25, 0.3) is 11.6 Å². The fourth-order valence-electron chi connectivity index (χ4n) is 2.26. The second-order valence-corrected chi connectivity index (χ2v) is 5.14. The van der Waals surface area contributed by atoms with E-state index in [2.05, 4.69) is 0 Å². The Hall–Kier alpha value is -2.95. The molecule has 0 fully saturated rings. The quantitative estimate of drug-likeness (QED) is 0.597. The molecule has 2 aromatic carbocycles. The topological polar surface area (TPSA) is 76.0 Å². The van der Waals surface area contributed by atoms with E-state index in [0.29, 0.717) is 29.2 Å². The molecule has 2 aromatic rings. The molecule has 0 aromatic heterocycles. The molecule has 126 valence electrons. The van der Waals surface area contributed by atoms with Gasteiger partial charge in [-0.2, -0.15) is 0 Å². The Bertz CT molecular complexity index is 749. The van der Waals surface area contributed by atoms with Gasteiger partial charge >= 0.3 is 5.97 Å². The van der Waals surface area contributed by atoms with Crippen LogP contribution in [0, 0.1) is 0 Å². The van der Waals surface area contributed by atoms with E-state index < -0.39 is 5.97 Å². The Morgan fingerprint density at radius 1 is 1.21 bits per heavy atom. The van der Waals surface area contributed by atoms with Crippen LogP contribution in [0.4, 0.5) is 0 Å². The number of aromatic hydroxyl groups is 1. The summed E-state index contributed by atoms with van der Waals surface area (Å²) in [5.41, 5.74) is 1.07. The summed E-state index contributed by atoms with van der Waals surface area (Å²) < 4.78 is 11.0. The highest BCUT2D eigenvalue weighted by Crippen LogP contribution is 2.34. The number of phenols is 1. The molecule has 0 atom stereocenters. The SMILES string of the molecule is CCCOc1c(/C=C(\C(=O)O)c2cccc(O)c2)cccc1OC. The van der Waals surface area contributed by atoms with E-state index in [1.54, 1.807) is 30.3 Å².